The number of anilines is 1. The van der Waals surface area contributed by atoms with Crippen LogP contribution in [0.2, 0.25) is 0 Å². The van der Waals surface area contributed by atoms with Gasteiger partial charge in [0, 0.05) is 31.9 Å². The fourth-order valence-corrected chi connectivity index (χ4v) is 2.32. The molecule has 0 fully saturated rings. The number of carbonyl (C=O) groups excluding carboxylic acids is 2. The van der Waals surface area contributed by atoms with Gasteiger partial charge in [0.1, 0.15) is 0 Å². The number of nitrogens with two attached hydrogens (primary N) is 1. The second-order valence-electron chi connectivity index (χ2n) is 6.67. The molecule has 2 aromatic rings. The second-order valence-corrected chi connectivity index (χ2v) is 6.67. The summed E-state index contributed by atoms with van der Waals surface area (Å²) >= 11 is 0. The van der Waals surface area contributed by atoms with Crippen molar-refractivity contribution >= 4 is 41.4 Å². The van der Waals surface area contributed by atoms with Crippen molar-refractivity contribution in [1.82, 2.24) is 4.98 Å². The maximum Gasteiger partial charge on any atom is 2.00 e. The first kappa shape index (κ1) is 36.2. The Balaban J connectivity index is 0. The van der Waals surface area contributed by atoms with Crippen LogP contribution >= 0.6 is 0 Å². The molecular formula is C26H32FeN4O7. The first-order valence-electron chi connectivity index (χ1n) is 11.1. The van der Waals surface area contributed by atoms with Crippen LogP contribution in [0.5, 0.6) is 0 Å². The number of aliphatic imine (C=N–C) groups is 2. The van der Waals surface area contributed by atoms with E-state index in [9.17, 15) is 19.8 Å². The monoisotopic (exact) mass is 568 g/mol. The van der Waals surface area contributed by atoms with Crippen molar-refractivity contribution in [2.75, 3.05) is 26.1 Å². The number of aliphatic hydroxyl groups excluding tert-OH is 1. The van der Waals surface area contributed by atoms with Gasteiger partial charge in [-0.15, -0.1) is 11.5 Å². The molecule has 2 rings (SSSR count). The Bertz CT molecular complexity index is 1040. The van der Waals surface area contributed by atoms with Crippen molar-refractivity contribution in [3.05, 3.63) is 71.5 Å². The van der Waals surface area contributed by atoms with Gasteiger partial charge in [0.15, 0.2) is 0 Å². The zero-order valence-electron chi connectivity index (χ0n) is 21.9. The zero-order valence-corrected chi connectivity index (χ0v) is 23.0. The number of aromatic nitrogens is 1. The van der Waals surface area contributed by atoms with Crippen LogP contribution in [0.4, 0.5) is 17.1 Å². The van der Waals surface area contributed by atoms with Gasteiger partial charge in [0.2, 0.25) is 0 Å². The average molecular weight is 568 g/mol. The summed E-state index contributed by atoms with van der Waals surface area (Å²) in [5.41, 5.74) is 6.25. The summed E-state index contributed by atoms with van der Waals surface area (Å²) < 4.78 is 9.66. The molecule has 11 nitrogen and oxygen atoms in total. The molecule has 0 aliphatic heterocycles. The van der Waals surface area contributed by atoms with E-state index < -0.39 is 23.5 Å². The summed E-state index contributed by atoms with van der Waals surface area (Å²) in [6.45, 7) is 5.97. The molecule has 0 radical (unpaired) electrons. The number of allylic oxidation sites excluding steroid dienone is 2. The standard InChI is InChI=1S/C20H24N2O6.C5H6N2.CH4O.Fe/c1-5-27-19(25)15(13(3)23)11-21-17-9-7-8-10-18(17)22-12-16(14(4)24)20(26)28-6-2;6-5-2-1-3-7-4-5;1-2;/h7-12,23-24H,5-6H2,1-4H3;1-4H,6H2;2H,1H3;/q;;;+2/p-2/b15-13+,16-14+,21-11?,22-12?;;;. The van der Waals surface area contributed by atoms with Crippen LogP contribution in [0.15, 0.2) is 81.4 Å². The molecule has 0 amide bonds. The zero-order chi connectivity index (χ0) is 28.2. The summed E-state index contributed by atoms with van der Waals surface area (Å²) in [5.74, 6) is -2.51. The largest absolute Gasteiger partial charge is 2.00 e. The van der Waals surface area contributed by atoms with Gasteiger partial charge in [-0.3, -0.25) is 15.0 Å². The predicted molar refractivity (Wildman–Crippen MR) is 138 cm³/mol. The van der Waals surface area contributed by atoms with E-state index >= 15 is 0 Å². The molecule has 0 saturated carbocycles. The molecule has 0 unspecified atom stereocenters. The van der Waals surface area contributed by atoms with Crippen molar-refractivity contribution in [1.29, 1.82) is 0 Å². The van der Waals surface area contributed by atoms with Crippen LogP contribution in [-0.2, 0) is 36.1 Å². The van der Waals surface area contributed by atoms with Crippen LogP contribution in [-0.4, -0.2) is 54.8 Å². The Morgan fingerprint density at radius 2 is 1.32 bits per heavy atom. The summed E-state index contributed by atoms with van der Waals surface area (Å²) in [5, 5.41) is 30.3. The molecule has 1 heterocycles. The molecule has 0 bridgehead atoms. The fourth-order valence-electron chi connectivity index (χ4n) is 2.32. The van der Waals surface area contributed by atoms with E-state index in [1.807, 2.05) is 0 Å². The Labute approximate surface area is 232 Å². The number of rotatable bonds is 8. The van der Waals surface area contributed by atoms with Crippen molar-refractivity contribution in [3.8, 4) is 0 Å². The van der Waals surface area contributed by atoms with E-state index in [1.165, 1.54) is 13.8 Å². The normalized spacial score (nSPS) is 11.5. The molecule has 0 spiro atoms. The number of carbonyl (C=O) groups is 2. The van der Waals surface area contributed by atoms with Crippen molar-refractivity contribution in [2.45, 2.75) is 27.7 Å². The third-order valence-corrected chi connectivity index (χ3v) is 3.98. The van der Waals surface area contributed by atoms with E-state index in [1.54, 1.807) is 62.6 Å². The van der Waals surface area contributed by atoms with Gasteiger partial charge in [-0.05, 0) is 38.1 Å². The number of ether oxygens (including phenoxy) is 2. The van der Waals surface area contributed by atoms with E-state index in [0.717, 1.165) is 19.5 Å². The maximum atomic E-state index is 11.8. The van der Waals surface area contributed by atoms with Gasteiger partial charge < -0.3 is 30.5 Å². The van der Waals surface area contributed by atoms with E-state index in [-0.39, 0.29) is 41.4 Å². The van der Waals surface area contributed by atoms with Gasteiger partial charge in [-0.25, -0.2) is 9.59 Å². The number of nitrogen functional groups attached to an aromatic ring is 1. The third kappa shape index (κ3) is 13.9. The minimum absolute atomic E-state index is 0. The molecule has 0 atom stereocenters. The summed E-state index contributed by atoms with van der Waals surface area (Å²) in [6.07, 6.45) is 5.52. The Hall–Kier alpha value is -3.99. The quantitative estimate of drug-likeness (QED) is 0.158. The first-order valence-corrected chi connectivity index (χ1v) is 11.1. The number of esters is 2. The fraction of sp³-hybridized carbons (Fsp3) is 0.269. The van der Waals surface area contributed by atoms with Crippen LogP contribution in [0.25, 0.3) is 0 Å². The Morgan fingerprint density at radius 3 is 1.58 bits per heavy atom. The second kappa shape index (κ2) is 21.1. The number of hydrogen-bond acceptors (Lipinski definition) is 11. The minimum Gasteiger partial charge on any atom is -0.875 e. The first-order chi connectivity index (χ1) is 17.7. The van der Waals surface area contributed by atoms with Crippen LogP contribution in [0.3, 0.4) is 0 Å². The van der Waals surface area contributed by atoms with Gasteiger partial charge in [-0.2, -0.15) is 0 Å². The summed E-state index contributed by atoms with van der Waals surface area (Å²) in [4.78, 5) is 35.7. The smallest absolute Gasteiger partial charge is 0.875 e. The molecular weight excluding hydrogens is 536 g/mol. The van der Waals surface area contributed by atoms with Crippen LogP contribution in [0.1, 0.15) is 27.7 Å². The van der Waals surface area contributed by atoms with E-state index in [2.05, 4.69) is 15.0 Å². The molecule has 0 saturated heterocycles. The Kier molecular flexibility index (Phi) is 20.1. The van der Waals surface area contributed by atoms with Crippen molar-refractivity contribution < 1.29 is 51.5 Å². The summed E-state index contributed by atoms with van der Waals surface area (Å²) in [6, 6.07) is 10.2. The number of hydrogen-bond donors (Lipinski definition) is 2. The molecule has 3 N–H and O–H groups in total. The van der Waals surface area contributed by atoms with Gasteiger partial charge in [0.05, 0.1) is 41.4 Å². The topological polar surface area (TPSA) is 183 Å². The van der Waals surface area contributed by atoms with Crippen molar-refractivity contribution in [3.63, 3.8) is 0 Å². The van der Waals surface area contributed by atoms with Crippen LogP contribution < -0.4 is 15.9 Å². The average Bonchev–Trinajstić information content (AvgIpc) is 2.87. The summed E-state index contributed by atoms with van der Waals surface area (Å²) in [7, 11) is 1.00. The number of aliphatic hydroxyl groups is 1. The van der Waals surface area contributed by atoms with Crippen molar-refractivity contribution in [2.24, 2.45) is 9.98 Å². The number of para-hydroxylation sites is 2. The van der Waals surface area contributed by atoms with Gasteiger partial charge in [0.25, 0.3) is 0 Å². The van der Waals surface area contributed by atoms with E-state index in [4.69, 9.17) is 20.3 Å². The molecule has 206 valence electrons. The molecule has 12 heteroatoms. The SMILES string of the molecule is CCOC(=O)/C(C=Nc1ccccc1N=C/C(C(=O)OCC)=C(/C)[O-])=C(\C)[O-].CO.Nc1cccnc1.[Fe+2]. The van der Waals surface area contributed by atoms with Gasteiger partial charge >= 0.3 is 29.0 Å². The molecule has 1 aromatic heterocycles. The molecule has 0 aliphatic carbocycles. The van der Waals surface area contributed by atoms with Crippen LogP contribution in [0, 0.1) is 0 Å². The van der Waals surface area contributed by atoms with Gasteiger partial charge in [-0.1, -0.05) is 26.0 Å². The maximum absolute atomic E-state index is 11.8. The Morgan fingerprint density at radius 1 is 0.895 bits per heavy atom. The minimum atomic E-state index is -0.769. The molecule has 0 aliphatic rings. The van der Waals surface area contributed by atoms with E-state index in [0.29, 0.717) is 17.1 Å². The number of pyridine rings is 1. The number of nitrogens with zero attached hydrogens (tertiary/aromatic N) is 3. The number of benzene rings is 1. The predicted octanol–water partition coefficient (Wildman–Crippen LogP) is 1.76. The molecule has 38 heavy (non-hydrogen) atoms. The molecule has 1 aromatic carbocycles. The third-order valence-electron chi connectivity index (χ3n) is 3.98.